The number of rotatable bonds is 4. The Hall–Kier alpha value is -1.72. The van der Waals surface area contributed by atoms with Crippen molar-refractivity contribution in [2.24, 2.45) is 0 Å². The van der Waals surface area contributed by atoms with E-state index in [0.717, 1.165) is 5.56 Å². The van der Waals surface area contributed by atoms with Gasteiger partial charge in [0.1, 0.15) is 5.82 Å². The summed E-state index contributed by atoms with van der Waals surface area (Å²) >= 11 is 3.16. The van der Waals surface area contributed by atoms with E-state index in [2.05, 4.69) is 26.6 Å². The third-order valence-corrected chi connectivity index (χ3v) is 3.23. The Morgan fingerprint density at radius 3 is 2.75 bits per heavy atom. The normalized spacial score (nSPS) is 10.3. The first-order valence-electron chi connectivity index (χ1n) is 6.10. The van der Waals surface area contributed by atoms with Gasteiger partial charge in [-0.3, -0.25) is 4.79 Å². The van der Waals surface area contributed by atoms with Gasteiger partial charge in [0.25, 0.3) is 5.91 Å². The third kappa shape index (κ3) is 3.65. The van der Waals surface area contributed by atoms with Gasteiger partial charge in [0.15, 0.2) is 0 Å². The molecule has 0 heterocycles. The van der Waals surface area contributed by atoms with Crippen LogP contribution >= 0.6 is 15.9 Å². The number of amides is 1. The van der Waals surface area contributed by atoms with Gasteiger partial charge in [0, 0.05) is 16.7 Å². The fourth-order valence-corrected chi connectivity index (χ4v) is 2.17. The van der Waals surface area contributed by atoms with Gasteiger partial charge < -0.3 is 10.6 Å². The van der Waals surface area contributed by atoms with E-state index < -0.39 is 11.7 Å². The van der Waals surface area contributed by atoms with Crippen LogP contribution in [0.15, 0.2) is 46.9 Å². The molecule has 20 heavy (non-hydrogen) atoms. The van der Waals surface area contributed by atoms with Gasteiger partial charge in [-0.1, -0.05) is 28.1 Å². The van der Waals surface area contributed by atoms with Crippen molar-refractivity contribution < 1.29 is 9.18 Å². The molecule has 3 nitrogen and oxygen atoms in total. The summed E-state index contributed by atoms with van der Waals surface area (Å²) in [6.45, 7) is 0.705. The number of anilines is 1. The number of halogens is 2. The molecule has 0 aliphatic carbocycles. The monoisotopic (exact) mass is 336 g/mol. The molecular formula is C15H14BrFN2O. The smallest absolute Gasteiger partial charge is 0.258 e. The zero-order chi connectivity index (χ0) is 14.5. The molecule has 0 atom stereocenters. The molecule has 0 saturated carbocycles. The van der Waals surface area contributed by atoms with Gasteiger partial charge in [-0.05, 0) is 42.9 Å². The van der Waals surface area contributed by atoms with Crippen LogP contribution in [-0.4, -0.2) is 13.0 Å². The highest BCUT2D eigenvalue weighted by Gasteiger charge is 2.12. The lowest BCUT2D eigenvalue weighted by Crippen LogP contribution is -2.14. The zero-order valence-corrected chi connectivity index (χ0v) is 12.5. The molecule has 0 radical (unpaired) electrons. The molecule has 2 aromatic carbocycles. The van der Waals surface area contributed by atoms with Crippen molar-refractivity contribution in [1.29, 1.82) is 0 Å². The molecule has 0 fully saturated rings. The van der Waals surface area contributed by atoms with Crippen molar-refractivity contribution in [3.05, 3.63) is 63.9 Å². The Bertz CT molecular complexity index is 631. The molecule has 0 saturated heterocycles. The van der Waals surface area contributed by atoms with E-state index in [-0.39, 0.29) is 5.56 Å². The summed E-state index contributed by atoms with van der Waals surface area (Å²) in [5, 5.41) is 5.73. The van der Waals surface area contributed by atoms with Crippen LogP contribution in [0.1, 0.15) is 15.9 Å². The molecule has 1 amide bonds. The van der Waals surface area contributed by atoms with E-state index in [1.807, 2.05) is 25.2 Å². The first-order valence-corrected chi connectivity index (χ1v) is 6.89. The zero-order valence-electron chi connectivity index (χ0n) is 10.9. The lowest BCUT2D eigenvalue weighted by molar-refractivity contribution is 0.102. The van der Waals surface area contributed by atoms with Gasteiger partial charge in [-0.15, -0.1) is 0 Å². The fraction of sp³-hybridized carbons (Fsp3) is 0.133. The summed E-state index contributed by atoms with van der Waals surface area (Å²) in [5.74, 6) is -1.01. The second-order valence-electron chi connectivity index (χ2n) is 4.31. The second kappa shape index (κ2) is 6.63. The quantitative estimate of drug-likeness (QED) is 0.896. The molecule has 2 aromatic rings. The van der Waals surface area contributed by atoms with E-state index in [9.17, 15) is 9.18 Å². The van der Waals surface area contributed by atoms with Crippen LogP contribution in [0.4, 0.5) is 10.1 Å². The van der Waals surface area contributed by atoms with Crippen LogP contribution in [0, 0.1) is 5.82 Å². The van der Waals surface area contributed by atoms with Crippen molar-refractivity contribution in [2.75, 3.05) is 12.4 Å². The largest absolute Gasteiger partial charge is 0.322 e. The second-order valence-corrected chi connectivity index (χ2v) is 5.22. The molecule has 0 unspecified atom stereocenters. The lowest BCUT2D eigenvalue weighted by atomic mass is 10.1. The molecule has 0 aromatic heterocycles. The highest BCUT2D eigenvalue weighted by Crippen LogP contribution is 2.17. The molecule has 0 bridgehead atoms. The van der Waals surface area contributed by atoms with E-state index >= 15 is 0 Å². The number of nitrogens with one attached hydrogen (secondary N) is 2. The van der Waals surface area contributed by atoms with Gasteiger partial charge in [-0.25, -0.2) is 4.39 Å². The van der Waals surface area contributed by atoms with E-state index in [1.165, 1.54) is 12.1 Å². The average molecular weight is 337 g/mol. The Morgan fingerprint density at radius 2 is 2.05 bits per heavy atom. The van der Waals surface area contributed by atoms with Crippen molar-refractivity contribution in [2.45, 2.75) is 6.54 Å². The van der Waals surface area contributed by atoms with E-state index in [4.69, 9.17) is 0 Å². The maximum Gasteiger partial charge on any atom is 0.258 e. The SMILES string of the molecule is CNCc1cccc(NC(=O)c2ccc(Br)cc2F)c1. The maximum absolute atomic E-state index is 13.7. The number of benzene rings is 2. The number of carbonyl (C=O) groups excluding carboxylic acids is 1. The Balaban J connectivity index is 2.17. The topological polar surface area (TPSA) is 41.1 Å². The fourth-order valence-electron chi connectivity index (χ4n) is 1.84. The van der Waals surface area contributed by atoms with Crippen molar-refractivity contribution in [1.82, 2.24) is 5.32 Å². The Morgan fingerprint density at radius 1 is 1.25 bits per heavy atom. The highest BCUT2D eigenvalue weighted by atomic mass is 79.9. The molecule has 0 spiro atoms. The Labute approximate surface area is 125 Å². The van der Waals surface area contributed by atoms with Gasteiger partial charge in [0.2, 0.25) is 0 Å². The predicted octanol–water partition coefficient (Wildman–Crippen LogP) is 3.56. The molecule has 104 valence electrons. The molecular weight excluding hydrogens is 323 g/mol. The lowest BCUT2D eigenvalue weighted by Gasteiger charge is -2.08. The van der Waals surface area contributed by atoms with Crippen LogP contribution in [0.2, 0.25) is 0 Å². The minimum absolute atomic E-state index is 0.0206. The summed E-state index contributed by atoms with van der Waals surface area (Å²) in [6.07, 6.45) is 0. The van der Waals surface area contributed by atoms with Crippen molar-refractivity contribution >= 4 is 27.5 Å². The summed E-state index contributed by atoms with van der Waals surface area (Å²) < 4.78 is 14.3. The maximum atomic E-state index is 13.7. The van der Waals surface area contributed by atoms with Crippen molar-refractivity contribution in [3.63, 3.8) is 0 Å². The van der Waals surface area contributed by atoms with Crippen LogP contribution in [0.3, 0.4) is 0 Å². The number of carbonyl (C=O) groups is 1. The first kappa shape index (κ1) is 14.7. The van der Waals surface area contributed by atoms with Gasteiger partial charge in [-0.2, -0.15) is 0 Å². The molecule has 2 rings (SSSR count). The summed E-state index contributed by atoms with van der Waals surface area (Å²) in [6, 6.07) is 11.8. The predicted molar refractivity (Wildman–Crippen MR) is 81.3 cm³/mol. The minimum Gasteiger partial charge on any atom is -0.322 e. The van der Waals surface area contributed by atoms with Crippen LogP contribution < -0.4 is 10.6 Å². The van der Waals surface area contributed by atoms with E-state index in [1.54, 1.807) is 12.1 Å². The first-order chi connectivity index (χ1) is 9.60. The molecule has 0 aliphatic heterocycles. The van der Waals surface area contributed by atoms with Gasteiger partial charge in [0.05, 0.1) is 5.56 Å². The number of hydrogen-bond acceptors (Lipinski definition) is 2. The summed E-state index contributed by atoms with van der Waals surface area (Å²) in [4.78, 5) is 12.0. The van der Waals surface area contributed by atoms with Crippen molar-refractivity contribution in [3.8, 4) is 0 Å². The molecule has 2 N–H and O–H groups in total. The minimum atomic E-state index is -0.553. The number of hydrogen-bond donors (Lipinski definition) is 2. The van der Waals surface area contributed by atoms with Crippen LogP contribution in [-0.2, 0) is 6.54 Å². The average Bonchev–Trinajstić information content (AvgIpc) is 2.39. The summed E-state index contributed by atoms with van der Waals surface area (Å²) in [7, 11) is 1.85. The van der Waals surface area contributed by atoms with Gasteiger partial charge >= 0.3 is 0 Å². The Kier molecular flexibility index (Phi) is 4.87. The third-order valence-electron chi connectivity index (χ3n) is 2.74. The van der Waals surface area contributed by atoms with Crippen LogP contribution in [0.5, 0.6) is 0 Å². The standard InChI is InChI=1S/C15H14BrFN2O/c1-18-9-10-3-2-4-12(7-10)19-15(20)13-6-5-11(16)8-14(13)17/h2-8,18H,9H2,1H3,(H,19,20). The van der Waals surface area contributed by atoms with Crippen LogP contribution in [0.25, 0.3) is 0 Å². The highest BCUT2D eigenvalue weighted by molar-refractivity contribution is 9.10. The molecule has 0 aliphatic rings. The van der Waals surface area contributed by atoms with E-state index in [0.29, 0.717) is 16.7 Å². The molecule has 5 heteroatoms. The summed E-state index contributed by atoms with van der Waals surface area (Å²) in [5.41, 5.74) is 1.71.